The third-order valence-electron chi connectivity index (χ3n) is 3.33. The van der Waals surface area contributed by atoms with E-state index < -0.39 is 25.2 Å². The van der Waals surface area contributed by atoms with Gasteiger partial charge in [-0.2, -0.15) is 0 Å². The van der Waals surface area contributed by atoms with Crippen LogP contribution in [0.1, 0.15) is 12.0 Å². The fourth-order valence-corrected chi connectivity index (χ4v) is 18.1. The molecule has 0 spiro atoms. The summed E-state index contributed by atoms with van der Waals surface area (Å²) < 4.78 is 12.9. The van der Waals surface area contributed by atoms with Crippen LogP contribution in [-0.4, -0.2) is 25.2 Å². The second kappa shape index (κ2) is 7.37. The van der Waals surface area contributed by atoms with Gasteiger partial charge in [0.1, 0.15) is 0 Å². The minimum atomic E-state index is -2.29. The molecule has 0 aliphatic heterocycles. The Labute approximate surface area is 134 Å². The summed E-state index contributed by atoms with van der Waals surface area (Å²) >= 11 is 0. The summed E-state index contributed by atoms with van der Waals surface area (Å²) in [7, 11) is -5.41. The molecular weight excluding hydrogens is 308 g/mol. The van der Waals surface area contributed by atoms with E-state index in [9.17, 15) is 0 Å². The van der Waals surface area contributed by atoms with Crippen molar-refractivity contribution in [1.82, 2.24) is 0 Å². The van der Waals surface area contributed by atoms with Crippen molar-refractivity contribution in [1.29, 1.82) is 0 Å². The van der Waals surface area contributed by atoms with Crippen LogP contribution in [0.5, 0.6) is 0 Å². The van der Waals surface area contributed by atoms with Gasteiger partial charge in [-0.25, -0.2) is 0 Å². The van der Waals surface area contributed by atoms with Gasteiger partial charge in [-0.05, 0) is 0 Å². The molecule has 0 bridgehead atoms. The Kier molecular flexibility index (Phi) is 6.61. The van der Waals surface area contributed by atoms with Gasteiger partial charge in [0.25, 0.3) is 0 Å². The predicted molar refractivity (Wildman–Crippen MR) is 101 cm³/mol. The summed E-state index contributed by atoms with van der Waals surface area (Å²) in [5.41, 5.74) is 1.43. The van der Waals surface area contributed by atoms with Gasteiger partial charge in [0, 0.05) is 0 Å². The molecule has 0 saturated carbocycles. The Morgan fingerprint density at radius 1 is 0.905 bits per heavy atom. The van der Waals surface area contributed by atoms with Crippen LogP contribution < -0.4 is 0 Å². The van der Waals surface area contributed by atoms with Gasteiger partial charge < -0.3 is 0 Å². The maximum atomic E-state index is 6.56. The normalized spacial score (nSPS) is 14.2. The third-order valence-corrected chi connectivity index (χ3v) is 14.8. The van der Waals surface area contributed by atoms with Crippen molar-refractivity contribution >= 4 is 25.2 Å². The predicted octanol–water partition coefficient (Wildman–Crippen LogP) is 5.13. The fourth-order valence-electron chi connectivity index (χ4n) is 3.07. The van der Waals surface area contributed by atoms with Gasteiger partial charge in [0.2, 0.25) is 0 Å². The van der Waals surface area contributed by atoms with Gasteiger partial charge in [-0.3, -0.25) is 0 Å². The molecule has 122 valence electrons. The van der Waals surface area contributed by atoms with Crippen LogP contribution in [0.15, 0.2) is 30.3 Å². The Morgan fingerprint density at radius 2 is 1.48 bits per heavy atom. The van der Waals surface area contributed by atoms with Crippen LogP contribution in [0.3, 0.4) is 0 Å². The van der Waals surface area contributed by atoms with Crippen molar-refractivity contribution in [3.63, 3.8) is 0 Å². The molecule has 0 heterocycles. The molecule has 0 amide bonds. The molecular formula is C16H33O2Si3-. The SMILES string of the molecule is C[Si](C)(C)O[SiH-](C)(C)O[Si](C)(C)CCCc1ccccc1. The average Bonchev–Trinajstić information content (AvgIpc) is 2.24. The second-order valence-corrected chi connectivity index (χ2v) is 21.4. The summed E-state index contributed by atoms with van der Waals surface area (Å²) in [6.07, 6.45) is 2.37. The van der Waals surface area contributed by atoms with E-state index in [1.165, 1.54) is 18.0 Å². The fraction of sp³-hybridized carbons (Fsp3) is 0.625. The van der Waals surface area contributed by atoms with Crippen molar-refractivity contribution in [2.45, 2.75) is 64.7 Å². The summed E-state index contributed by atoms with van der Waals surface area (Å²) in [5, 5.41) is 0. The molecule has 0 aromatic heterocycles. The molecule has 1 rings (SSSR count). The second-order valence-electron chi connectivity index (χ2n) is 8.06. The van der Waals surface area contributed by atoms with Gasteiger partial charge in [-0.15, -0.1) is 0 Å². The van der Waals surface area contributed by atoms with E-state index in [0.29, 0.717) is 0 Å². The standard InChI is InChI=1S/C16H33O2Si3/c1-19(2,3)17-21(6,7)18-20(4,5)15-11-14-16-12-9-8-10-13-16/h8-10,12-13,21H,11,14-15H2,1-7H3/q-1. The zero-order valence-corrected chi connectivity index (χ0v) is 18.1. The molecule has 5 heteroatoms. The van der Waals surface area contributed by atoms with Crippen molar-refractivity contribution in [2.75, 3.05) is 0 Å². The van der Waals surface area contributed by atoms with Crippen molar-refractivity contribution in [3.8, 4) is 0 Å². The van der Waals surface area contributed by atoms with Gasteiger partial charge in [-0.1, -0.05) is 0 Å². The Balaban J connectivity index is 2.46. The topological polar surface area (TPSA) is 18.5 Å². The first-order valence-electron chi connectivity index (χ1n) is 8.15. The van der Waals surface area contributed by atoms with Crippen molar-refractivity contribution < 1.29 is 8.23 Å². The molecule has 0 saturated heterocycles. The first kappa shape index (κ1) is 18.8. The summed E-state index contributed by atoms with van der Waals surface area (Å²) in [5.74, 6) is 0. The Bertz CT molecular complexity index is 425. The molecule has 0 aliphatic carbocycles. The molecule has 0 fully saturated rings. The van der Waals surface area contributed by atoms with Crippen molar-refractivity contribution in [2.24, 2.45) is 0 Å². The van der Waals surface area contributed by atoms with E-state index in [1.807, 2.05) is 0 Å². The zero-order chi connectivity index (χ0) is 16.1. The summed E-state index contributed by atoms with van der Waals surface area (Å²) in [6.45, 7) is 15.9. The van der Waals surface area contributed by atoms with Gasteiger partial charge in [0.05, 0.1) is 0 Å². The molecule has 2 nitrogen and oxygen atoms in total. The third kappa shape index (κ3) is 8.73. The molecule has 1 aromatic carbocycles. The van der Waals surface area contributed by atoms with E-state index >= 15 is 0 Å². The molecule has 0 atom stereocenters. The summed E-state index contributed by atoms with van der Waals surface area (Å²) in [4.78, 5) is 0. The van der Waals surface area contributed by atoms with Crippen LogP contribution in [0.4, 0.5) is 0 Å². The number of aryl methyl sites for hydroxylation is 1. The monoisotopic (exact) mass is 341 g/mol. The number of hydrogen-bond donors (Lipinski definition) is 0. The zero-order valence-electron chi connectivity index (χ0n) is 14.9. The quantitative estimate of drug-likeness (QED) is 0.610. The summed E-state index contributed by atoms with van der Waals surface area (Å²) in [6, 6.07) is 11.9. The van der Waals surface area contributed by atoms with E-state index in [2.05, 4.69) is 76.2 Å². The Morgan fingerprint density at radius 3 is 2.00 bits per heavy atom. The molecule has 0 unspecified atom stereocenters. The van der Waals surface area contributed by atoms with Gasteiger partial charge >= 0.3 is 134 Å². The Hall–Kier alpha value is -0.209. The van der Waals surface area contributed by atoms with E-state index in [4.69, 9.17) is 8.23 Å². The number of benzene rings is 1. The first-order valence-corrected chi connectivity index (χ1v) is 17.9. The van der Waals surface area contributed by atoms with Crippen LogP contribution in [0.25, 0.3) is 0 Å². The molecule has 0 aliphatic rings. The molecule has 0 N–H and O–H groups in total. The molecule has 1 aromatic rings. The number of rotatable bonds is 8. The van der Waals surface area contributed by atoms with Crippen molar-refractivity contribution in [3.05, 3.63) is 35.9 Å². The van der Waals surface area contributed by atoms with Crippen LogP contribution in [-0.2, 0) is 14.7 Å². The average molecular weight is 342 g/mol. The van der Waals surface area contributed by atoms with Crippen LogP contribution >= 0.6 is 0 Å². The van der Waals surface area contributed by atoms with E-state index in [-0.39, 0.29) is 0 Å². The van der Waals surface area contributed by atoms with E-state index in [0.717, 1.165) is 6.42 Å². The number of hydrogen-bond acceptors (Lipinski definition) is 2. The molecule has 21 heavy (non-hydrogen) atoms. The van der Waals surface area contributed by atoms with Crippen LogP contribution in [0, 0.1) is 0 Å². The maximum absolute atomic E-state index is 6.56. The first-order chi connectivity index (χ1) is 9.49. The van der Waals surface area contributed by atoms with E-state index in [1.54, 1.807) is 0 Å². The molecule has 0 radical (unpaired) electrons. The minimum absolute atomic E-state index is 1.15. The van der Waals surface area contributed by atoms with Gasteiger partial charge in [0.15, 0.2) is 0 Å². The van der Waals surface area contributed by atoms with Crippen LogP contribution in [0.2, 0.25) is 51.9 Å².